The minimum Gasteiger partial charge on any atom is -0.339 e. The summed E-state index contributed by atoms with van der Waals surface area (Å²) in [7, 11) is 0. The lowest BCUT2D eigenvalue weighted by Crippen LogP contribution is -2.39. The highest BCUT2D eigenvalue weighted by Crippen LogP contribution is 2.15. The summed E-state index contributed by atoms with van der Waals surface area (Å²) in [6.07, 6.45) is 0. The summed E-state index contributed by atoms with van der Waals surface area (Å²) in [6, 6.07) is 11.9. The number of rotatable bonds is 4. The largest absolute Gasteiger partial charge is 0.339 e. The SMILES string of the molecule is Cc1ccc(NC(=O)CNC(=O)C(=O)Nc2cccc(Cl)c2)cc1C. The summed E-state index contributed by atoms with van der Waals surface area (Å²) >= 11 is 5.80. The van der Waals surface area contributed by atoms with E-state index in [1.54, 1.807) is 24.3 Å². The van der Waals surface area contributed by atoms with E-state index < -0.39 is 17.7 Å². The first-order chi connectivity index (χ1) is 11.8. The van der Waals surface area contributed by atoms with Crippen molar-refractivity contribution < 1.29 is 14.4 Å². The Morgan fingerprint density at radius 1 is 0.880 bits per heavy atom. The molecule has 0 aliphatic rings. The van der Waals surface area contributed by atoms with Gasteiger partial charge >= 0.3 is 11.8 Å². The molecule has 0 spiro atoms. The van der Waals surface area contributed by atoms with Crippen LogP contribution in [0.2, 0.25) is 5.02 Å². The molecule has 3 N–H and O–H groups in total. The Bertz CT molecular complexity index is 821. The zero-order valence-corrected chi connectivity index (χ0v) is 14.6. The molecule has 0 unspecified atom stereocenters. The number of carbonyl (C=O) groups excluding carboxylic acids is 3. The van der Waals surface area contributed by atoms with Crippen molar-refractivity contribution >= 4 is 40.7 Å². The topological polar surface area (TPSA) is 87.3 Å². The third-order valence-electron chi connectivity index (χ3n) is 3.49. The van der Waals surface area contributed by atoms with Gasteiger partial charge in [-0.3, -0.25) is 14.4 Å². The van der Waals surface area contributed by atoms with Crippen molar-refractivity contribution in [1.82, 2.24) is 5.32 Å². The van der Waals surface area contributed by atoms with Crippen LogP contribution in [0.15, 0.2) is 42.5 Å². The molecule has 0 bridgehead atoms. The Morgan fingerprint density at radius 2 is 1.60 bits per heavy atom. The van der Waals surface area contributed by atoms with Gasteiger partial charge in [0.05, 0.1) is 6.54 Å². The first kappa shape index (κ1) is 18.5. The van der Waals surface area contributed by atoms with Gasteiger partial charge in [-0.15, -0.1) is 0 Å². The molecular weight excluding hydrogens is 342 g/mol. The van der Waals surface area contributed by atoms with Gasteiger partial charge in [0.1, 0.15) is 0 Å². The number of anilines is 2. The lowest BCUT2D eigenvalue weighted by Gasteiger charge is -2.09. The van der Waals surface area contributed by atoms with Gasteiger partial charge in [-0.2, -0.15) is 0 Å². The van der Waals surface area contributed by atoms with E-state index in [-0.39, 0.29) is 6.54 Å². The Labute approximate surface area is 150 Å². The smallest absolute Gasteiger partial charge is 0.313 e. The maximum Gasteiger partial charge on any atom is 0.313 e. The molecule has 2 aromatic rings. The molecule has 0 aliphatic carbocycles. The summed E-state index contributed by atoms with van der Waals surface area (Å²) in [6.45, 7) is 3.60. The van der Waals surface area contributed by atoms with Crippen molar-refractivity contribution in [2.75, 3.05) is 17.2 Å². The van der Waals surface area contributed by atoms with Crippen molar-refractivity contribution in [3.63, 3.8) is 0 Å². The molecule has 0 fully saturated rings. The molecule has 2 rings (SSSR count). The molecule has 3 amide bonds. The highest BCUT2D eigenvalue weighted by atomic mass is 35.5. The van der Waals surface area contributed by atoms with Gasteiger partial charge in [0, 0.05) is 16.4 Å². The number of carbonyl (C=O) groups is 3. The van der Waals surface area contributed by atoms with Crippen LogP contribution in [-0.2, 0) is 14.4 Å². The van der Waals surface area contributed by atoms with E-state index in [9.17, 15) is 14.4 Å². The molecule has 25 heavy (non-hydrogen) atoms. The van der Waals surface area contributed by atoms with Crippen molar-refractivity contribution in [3.05, 3.63) is 58.6 Å². The fourth-order valence-corrected chi connectivity index (χ4v) is 2.21. The van der Waals surface area contributed by atoms with Crippen LogP contribution in [0.1, 0.15) is 11.1 Å². The number of hydrogen-bond acceptors (Lipinski definition) is 3. The van der Waals surface area contributed by atoms with Crippen LogP contribution in [0.25, 0.3) is 0 Å². The van der Waals surface area contributed by atoms with Gasteiger partial charge in [0.2, 0.25) is 5.91 Å². The van der Waals surface area contributed by atoms with E-state index >= 15 is 0 Å². The van der Waals surface area contributed by atoms with Crippen LogP contribution in [0.4, 0.5) is 11.4 Å². The third kappa shape index (κ3) is 5.61. The van der Waals surface area contributed by atoms with Crippen molar-refractivity contribution in [2.45, 2.75) is 13.8 Å². The number of halogens is 1. The fourth-order valence-electron chi connectivity index (χ4n) is 2.02. The van der Waals surface area contributed by atoms with Crippen LogP contribution in [0, 0.1) is 13.8 Å². The molecule has 6 nitrogen and oxygen atoms in total. The molecule has 0 aromatic heterocycles. The average Bonchev–Trinajstić information content (AvgIpc) is 2.56. The summed E-state index contributed by atoms with van der Waals surface area (Å²) in [5.74, 6) is -2.20. The standard InChI is InChI=1S/C18H18ClN3O3/c1-11-6-7-15(8-12(11)2)21-16(23)10-20-17(24)18(25)22-14-5-3-4-13(19)9-14/h3-9H,10H2,1-2H3,(H,20,24)(H,21,23)(H,22,25). The number of aryl methyl sites for hydroxylation is 2. The number of nitrogens with one attached hydrogen (secondary N) is 3. The summed E-state index contributed by atoms with van der Waals surface area (Å²) in [5.41, 5.74) is 3.18. The number of benzene rings is 2. The van der Waals surface area contributed by atoms with Gasteiger partial charge in [0.15, 0.2) is 0 Å². The molecule has 0 atom stereocenters. The maximum absolute atomic E-state index is 11.9. The summed E-state index contributed by atoms with van der Waals surface area (Å²) in [5, 5.41) is 7.76. The Kier molecular flexibility index (Phi) is 6.14. The second-order valence-corrected chi connectivity index (χ2v) is 5.93. The maximum atomic E-state index is 11.9. The lowest BCUT2D eigenvalue weighted by atomic mass is 10.1. The average molecular weight is 360 g/mol. The van der Waals surface area contributed by atoms with Crippen LogP contribution in [0.5, 0.6) is 0 Å². The van der Waals surface area contributed by atoms with E-state index in [4.69, 9.17) is 11.6 Å². The summed E-state index contributed by atoms with van der Waals surface area (Å²) < 4.78 is 0. The Morgan fingerprint density at radius 3 is 2.28 bits per heavy atom. The van der Waals surface area contributed by atoms with Crippen LogP contribution < -0.4 is 16.0 Å². The molecule has 7 heteroatoms. The normalized spacial score (nSPS) is 10.0. The van der Waals surface area contributed by atoms with Gasteiger partial charge in [-0.25, -0.2) is 0 Å². The van der Waals surface area contributed by atoms with E-state index in [1.165, 1.54) is 6.07 Å². The van der Waals surface area contributed by atoms with E-state index in [0.29, 0.717) is 16.4 Å². The zero-order valence-electron chi connectivity index (χ0n) is 13.9. The van der Waals surface area contributed by atoms with E-state index in [2.05, 4.69) is 16.0 Å². The van der Waals surface area contributed by atoms with Crippen molar-refractivity contribution in [2.24, 2.45) is 0 Å². The summed E-state index contributed by atoms with van der Waals surface area (Å²) in [4.78, 5) is 35.4. The van der Waals surface area contributed by atoms with Crippen molar-refractivity contribution in [3.8, 4) is 0 Å². The van der Waals surface area contributed by atoms with Gasteiger partial charge in [-0.1, -0.05) is 23.7 Å². The Balaban J connectivity index is 1.83. The van der Waals surface area contributed by atoms with E-state index in [0.717, 1.165) is 11.1 Å². The number of hydrogen-bond donors (Lipinski definition) is 3. The number of amides is 3. The lowest BCUT2D eigenvalue weighted by molar-refractivity contribution is -0.136. The predicted molar refractivity (Wildman–Crippen MR) is 97.6 cm³/mol. The molecular formula is C18H18ClN3O3. The minimum atomic E-state index is -0.907. The molecule has 0 saturated carbocycles. The first-order valence-corrected chi connectivity index (χ1v) is 7.95. The Hall–Kier alpha value is -2.86. The second kappa shape index (κ2) is 8.30. The van der Waals surface area contributed by atoms with Crippen LogP contribution in [-0.4, -0.2) is 24.3 Å². The molecule has 0 radical (unpaired) electrons. The molecule has 0 heterocycles. The minimum absolute atomic E-state index is 0.311. The van der Waals surface area contributed by atoms with Gasteiger partial charge in [-0.05, 0) is 55.3 Å². The molecule has 130 valence electrons. The van der Waals surface area contributed by atoms with Crippen molar-refractivity contribution in [1.29, 1.82) is 0 Å². The van der Waals surface area contributed by atoms with Gasteiger partial charge < -0.3 is 16.0 Å². The van der Waals surface area contributed by atoms with E-state index in [1.807, 2.05) is 26.0 Å². The zero-order chi connectivity index (χ0) is 18.4. The predicted octanol–water partition coefficient (Wildman–Crippen LogP) is 2.65. The monoisotopic (exact) mass is 359 g/mol. The third-order valence-corrected chi connectivity index (χ3v) is 3.72. The fraction of sp³-hybridized carbons (Fsp3) is 0.167. The first-order valence-electron chi connectivity index (χ1n) is 7.57. The molecule has 2 aromatic carbocycles. The second-order valence-electron chi connectivity index (χ2n) is 5.49. The highest BCUT2D eigenvalue weighted by Gasteiger charge is 2.15. The highest BCUT2D eigenvalue weighted by molar-refractivity contribution is 6.40. The van der Waals surface area contributed by atoms with Crippen LogP contribution in [0.3, 0.4) is 0 Å². The molecule has 0 aliphatic heterocycles. The van der Waals surface area contributed by atoms with Gasteiger partial charge in [0.25, 0.3) is 0 Å². The quantitative estimate of drug-likeness (QED) is 0.733. The van der Waals surface area contributed by atoms with Crippen LogP contribution >= 0.6 is 11.6 Å². The molecule has 0 saturated heterocycles.